The monoisotopic (exact) mass is 990 g/mol. The first-order valence-electron chi connectivity index (χ1n) is 25.2. The molecule has 4 aliphatic rings. The van der Waals surface area contributed by atoms with Crippen LogP contribution in [0.25, 0.3) is 0 Å². The summed E-state index contributed by atoms with van der Waals surface area (Å²) in [5, 5.41) is 23.5. The number of amides is 1. The number of hydrogen-bond acceptors (Lipinski definition) is 14. The van der Waals surface area contributed by atoms with Crippen LogP contribution in [0.4, 0.5) is 0 Å². The summed E-state index contributed by atoms with van der Waals surface area (Å²) < 4.78 is 48.2. The number of esters is 1. The summed E-state index contributed by atoms with van der Waals surface area (Å²) in [4.78, 5) is 72.2. The molecular weight excluding hydrogens is 906 g/mol. The van der Waals surface area contributed by atoms with Crippen molar-refractivity contribution in [3.05, 3.63) is 47.6 Å². The number of nitrogens with zero attached hydrogens (tertiary/aromatic N) is 1. The second-order valence-electron chi connectivity index (χ2n) is 20.9. The number of ether oxygens (including phenoxy) is 5. The van der Waals surface area contributed by atoms with Crippen LogP contribution in [0.5, 0.6) is 0 Å². The van der Waals surface area contributed by atoms with Crippen LogP contribution >= 0.6 is 7.37 Å². The minimum absolute atomic E-state index is 0.0117. The molecule has 1 amide bonds. The number of fused-ring (bicyclic) bond motifs is 3. The Bertz CT molecular complexity index is 1940. The molecule has 2 saturated heterocycles. The van der Waals surface area contributed by atoms with E-state index in [-0.39, 0.29) is 60.9 Å². The van der Waals surface area contributed by atoms with Crippen molar-refractivity contribution in [2.75, 3.05) is 41.2 Å². The van der Waals surface area contributed by atoms with Gasteiger partial charge in [-0.1, -0.05) is 71.1 Å². The van der Waals surface area contributed by atoms with Crippen LogP contribution in [0.2, 0.25) is 0 Å². The SMILES string of the molecule is COC1C[C@H]2CCC(C)[C@@](O)(O2)C(=O)C(=O)N2CCCC[C@H]2C(=O)OC(C(C)CC2CCC(OP(C)(C)=O)C(OC)C2)CC(=O)C(C)C=C(C)C(O)C(OC)C(=O)C(C)CC(C)C=CC=CC=C1C. The van der Waals surface area contributed by atoms with E-state index in [1.165, 1.54) is 12.0 Å². The van der Waals surface area contributed by atoms with Crippen LogP contribution in [0.3, 0.4) is 0 Å². The normalized spacial score (nSPS) is 36.6. The Kier molecular flexibility index (Phi) is 22.5. The molecule has 2 N–H and O–H groups in total. The number of carbonyl (C=O) groups is 5. The summed E-state index contributed by atoms with van der Waals surface area (Å²) in [6, 6.07) is -1.16. The first-order valence-corrected chi connectivity index (χ1v) is 27.7. The average molecular weight is 990 g/mol. The molecule has 0 aromatic rings. The Morgan fingerprint density at radius 3 is 2.22 bits per heavy atom. The molecule has 15 nitrogen and oxygen atoms in total. The van der Waals surface area contributed by atoms with Crippen LogP contribution in [0.1, 0.15) is 126 Å². The molecule has 0 radical (unpaired) electrons. The molecule has 4 rings (SSSR count). The molecule has 1 saturated carbocycles. The second-order valence-corrected chi connectivity index (χ2v) is 23.6. The van der Waals surface area contributed by atoms with Crippen LogP contribution in [-0.2, 0) is 56.7 Å². The van der Waals surface area contributed by atoms with Gasteiger partial charge in [0.1, 0.15) is 30.1 Å². The van der Waals surface area contributed by atoms with E-state index in [1.807, 2.05) is 58.1 Å². The molecule has 12 unspecified atom stereocenters. The number of hydrogen-bond donors (Lipinski definition) is 2. The second kappa shape index (κ2) is 26.5. The van der Waals surface area contributed by atoms with Crippen molar-refractivity contribution >= 4 is 36.6 Å². The lowest BCUT2D eigenvalue weighted by Gasteiger charge is -2.42. The Morgan fingerprint density at radius 1 is 0.855 bits per heavy atom. The van der Waals surface area contributed by atoms with E-state index in [0.717, 1.165) is 12.0 Å². The van der Waals surface area contributed by atoms with Crippen molar-refractivity contribution in [2.45, 2.75) is 180 Å². The maximum Gasteiger partial charge on any atom is 0.329 e. The van der Waals surface area contributed by atoms with Gasteiger partial charge in [-0.3, -0.25) is 23.7 Å². The van der Waals surface area contributed by atoms with Crippen molar-refractivity contribution in [2.24, 2.45) is 35.5 Å². The number of rotatable bonds is 8. The number of allylic oxidation sites excluding steroid dienone is 6. The molecular formula is C53H84NO14P. The van der Waals surface area contributed by atoms with E-state index in [0.29, 0.717) is 63.4 Å². The lowest BCUT2D eigenvalue weighted by molar-refractivity contribution is -0.265. The van der Waals surface area contributed by atoms with Crippen molar-refractivity contribution in [1.29, 1.82) is 0 Å². The number of carbonyl (C=O) groups excluding carboxylic acids is 5. The van der Waals surface area contributed by atoms with E-state index in [1.54, 1.807) is 54.4 Å². The predicted molar refractivity (Wildman–Crippen MR) is 263 cm³/mol. The fourth-order valence-corrected chi connectivity index (χ4v) is 11.4. The maximum atomic E-state index is 14.5. The quantitative estimate of drug-likeness (QED) is 0.104. The van der Waals surface area contributed by atoms with Gasteiger partial charge >= 0.3 is 5.97 Å². The number of aliphatic hydroxyl groups excluding tert-OH is 1. The highest BCUT2D eigenvalue weighted by molar-refractivity contribution is 7.57. The Hall–Kier alpha value is -3.14. The summed E-state index contributed by atoms with van der Waals surface area (Å²) in [7, 11) is 1.76. The predicted octanol–water partition coefficient (Wildman–Crippen LogP) is 7.74. The van der Waals surface area contributed by atoms with Gasteiger partial charge in [-0.2, -0.15) is 0 Å². The van der Waals surface area contributed by atoms with E-state index in [2.05, 4.69) is 0 Å². The maximum absolute atomic E-state index is 14.5. The van der Waals surface area contributed by atoms with Gasteiger partial charge in [-0.25, -0.2) is 4.79 Å². The van der Waals surface area contributed by atoms with Gasteiger partial charge in [0.2, 0.25) is 5.79 Å². The molecule has 0 spiro atoms. The molecule has 1 aliphatic carbocycles. The summed E-state index contributed by atoms with van der Waals surface area (Å²) in [6.45, 7) is 15.9. The number of Topliss-reactive ketones (excluding diaryl/α,β-unsaturated/α-hetero) is 3. The molecule has 0 aromatic heterocycles. The van der Waals surface area contributed by atoms with Crippen LogP contribution in [0.15, 0.2) is 47.6 Å². The molecule has 3 aliphatic heterocycles. The van der Waals surface area contributed by atoms with Gasteiger partial charge in [-0.15, -0.1) is 0 Å². The van der Waals surface area contributed by atoms with E-state index in [9.17, 15) is 38.8 Å². The first-order chi connectivity index (χ1) is 32.4. The fourth-order valence-electron chi connectivity index (χ4n) is 10.5. The van der Waals surface area contributed by atoms with E-state index < -0.39 is 85.1 Å². The van der Waals surface area contributed by atoms with Gasteiger partial charge in [0.25, 0.3) is 11.7 Å². The molecule has 15 atom stereocenters. The number of aliphatic hydroxyl groups is 2. The van der Waals surface area contributed by atoms with E-state index in [4.69, 9.17) is 28.2 Å². The molecule has 3 heterocycles. The highest BCUT2D eigenvalue weighted by Gasteiger charge is 2.53. The van der Waals surface area contributed by atoms with Crippen molar-refractivity contribution in [3.8, 4) is 0 Å². The third-order valence-corrected chi connectivity index (χ3v) is 15.6. The van der Waals surface area contributed by atoms with Crippen LogP contribution < -0.4 is 0 Å². The lowest BCUT2D eigenvalue weighted by Crippen LogP contribution is -2.61. The molecule has 16 heteroatoms. The zero-order valence-electron chi connectivity index (χ0n) is 43.4. The summed E-state index contributed by atoms with van der Waals surface area (Å²) in [6.07, 6.45) is 11.4. The molecule has 390 valence electrons. The van der Waals surface area contributed by atoms with Gasteiger partial charge in [0, 0.05) is 71.8 Å². The molecule has 69 heavy (non-hydrogen) atoms. The number of ketones is 3. The zero-order chi connectivity index (χ0) is 51.4. The Balaban J connectivity index is 1.70. The minimum atomic E-state index is -2.79. The third kappa shape index (κ3) is 16.2. The lowest BCUT2D eigenvalue weighted by atomic mass is 9.78. The summed E-state index contributed by atoms with van der Waals surface area (Å²) in [5.41, 5.74) is 1.25. The number of cyclic esters (lactones) is 1. The fraction of sp³-hybridized carbons (Fsp3) is 0.755. The van der Waals surface area contributed by atoms with E-state index >= 15 is 0 Å². The Labute approximate surface area is 411 Å². The van der Waals surface area contributed by atoms with Crippen molar-refractivity contribution < 1.29 is 67.0 Å². The minimum Gasteiger partial charge on any atom is -0.460 e. The zero-order valence-corrected chi connectivity index (χ0v) is 44.3. The molecule has 2 bridgehead atoms. The van der Waals surface area contributed by atoms with Gasteiger partial charge in [0.05, 0.1) is 24.4 Å². The van der Waals surface area contributed by atoms with Gasteiger partial charge in [0.15, 0.2) is 13.2 Å². The van der Waals surface area contributed by atoms with Crippen LogP contribution in [-0.4, -0.2) is 140 Å². The van der Waals surface area contributed by atoms with Crippen LogP contribution in [0, 0.1) is 35.5 Å². The number of methoxy groups -OCH3 is 3. The summed E-state index contributed by atoms with van der Waals surface area (Å²) >= 11 is 0. The van der Waals surface area contributed by atoms with Crippen molar-refractivity contribution in [1.82, 2.24) is 4.90 Å². The molecule has 0 aromatic carbocycles. The highest BCUT2D eigenvalue weighted by Crippen LogP contribution is 2.45. The van der Waals surface area contributed by atoms with Gasteiger partial charge in [-0.05, 0) is 107 Å². The van der Waals surface area contributed by atoms with Gasteiger partial charge < -0.3 is 43.3 Å². The smallest absolute Gasteiger partial charge is 0.329 e. The number of piperidine rings is 1. The summed E-state index contributed by atoms with van der Waals surface area (Å²) in [5.74, 6) is -8.11. The third-order valence-electron chi connectivity index (χ3n) is 14.8. The first kappa shape index (κ1) is 58.4. The highest BCUT2D eigenvalue weighted by atomic mass is 31.2. The molecule has 3 fully saturated rings. The largest absolute Gasteiger partial charge is 0.460 e. The topological polar surface area (TPSA) is 201 Å². The Morgan fingerprint density at radius 2 is 1.57 bits per heavy atom. The average Bonchev–Trinajstić information content (AvgIpc) is 3.30. The van der Waals surface area contributed by atoms with Crippen molar-refractivity contribution in [3.63, 3.8) is 0 Å². The standard InChI is InChI=1S/C53H84NO14P/c1-32-18-14-13-15-19-33(2)44(63-8)30-40-23-21-38(7)53(61,67-40)50(58)51(59)54-25-17-16-20-41(54)52(60)66-45(35(4)28-39-22-24-43(46(29-39)64-9)68-69(11,12)62)31-42(55)34(3)27-37(6)48(57)49(65-10)47(56)36(5)26-32/h13-15,18-19,27,32,34-36,38-41,43-46,48-49,57,61H,16-17,20-26,28-31H2,1-12H3/t32?,34?,35?,36?,38?,39?,40-,41+,43?,44?,45?,46?,48?,49?,53-/m1/s1.